The predicted octanol–water partition coefficient (Wildman–Crippen LogP) is 4.67. The third-order valence-corrected chi connectivity index (χ3v) is 5.02. The van der Waals surface area contributed by atoms with Gasteiger partial charge >= 0.3 is 0 Å². The number of hydrogen-bond donors (Lipinski definition) is 0. The number of carbonyl (C=O) groups is 1. The van der Waals surface area contributed by atoms with Crippen LogP contribution in [0.15, 0.2) is 24.3 Å². The van der Waals surface area contributed by atoms with Crippen LogP contribution >= 0.6 is 11.6 Å². The molecule has 1 fully saturated rings. The van der Waals surface area contributed by atoms with Gasteiger partial charge in [0, 0.05) is 10.6 Å². The highest BCUT2D eigenvalue weighted by Gasteiger charge is 2.26. The quantitative estimate of drug-likeness (QED) is 0.753. The van der Waals surface area contributed by atoms with Crippen molar-refractivity contribution in [2.75, 3.05) is 13.1 Å². The Hall–Kier alpha value is -0.860. The van der Waals surface area contributed by atoms with E-state index < -0.39 is 0 Å². The first kappa shape index (κ1) is 16.5. The number of carbonyl (C=O) groups excluding carboxylic acids is 1. The standard InChI is InChI=1S/C18H26ClNO/c1-13(2)15-7-5-10-20(11-9-15)14(3)18(21)16-6-4-8-17(19)12-16/h4,6,8,12-15H,5,7,9-11H2,1-3H3. The van der Waals surface area contributed by atoms with E-state index in [-0.39, 0.29) is 11.8 Å². The Bertz CT molecular complexity index is 486. The van der Waals surface area contributed by atoms with Crippen LogP contribution in [0.4, 0.5) is 0 Å². The summed E-state index contributed by atoms with van der Waals surface area (Å²) in [5, 5.41) is 0.629. The maximum Gasteiger partial charge on any atom is 0.179 e. The topological polar surface area (TPSA) is 20.3 Å². The second kappa shape index (κ2) is 7.42. The minimum atomic E-state index is -0.0608. The molecule has 0 radical (unpaired) electrons. The van der Waals surface area contributed by atoms with Gasteiger partial charge in [-0.15, -0.1) is 0 Å². The Balaban J connectivity index is 2.02. The van der Waals surface area contributed by atoms with Crippen LogP contribution in [0.5, 0.6) is 0 Å². The Morgan fingerprint density at radius 3 is 2.67 bits per heavy atom. The molecule has 0 aliphatic carbocycles. The average molecular weight is 308 g/mol. The van der Waals surface area contributed by atoms with E-state index in [1.165, 1.54) is 19.3 Å². The molecule has 1 aliphatic rings. The van der Waals surface area contributed by atoms with E-state index >= 15 is 0 Å². The van der Waals surface area contributed by atoms with Crippen LogP contribution in [0.1, 0.15) is 50.4 Å². The zero-order chi connectivity index (χ0) is 15.4. The van der Waals surface area contributed by atoms with Gasteiger partial charge in [0.2, 0.25) is 0 Å². The van der Waals surface area contributed by atoms with Crippen LogP contribution in [0, 0.1) is 11.8 Å². The molecular weight excluding hydrogens is 282 g/mol. The normalized spacial score (nSPS) is 22.0. The summed E-state index contributed by atoms with van der Waals surface area (Å²) in [7, 11) is 0. The second-order valence-electron chi connectivity index (χ2n) is 6.52. The fourth-order valence-corrected chi connectivity index (χ4v) is 3.44. The number of Topliss-reactive ketones (excluding diaryl/α,β-unsaturated/α-hetero) is 1. The molecule has 0 bridgehead atoms. The van der Waals surface area contributed by atoms with Crippen molar-refractivity contribution in [1.82, 2.24) is 4.90 Å². The molecule has 1 aliphatic heterocycles. The molecule has 0 saturated carbocycles. The van der Waals surface area contributed by atoms with Gasteiger partial charge < -0.3 is 0 Å². The Morgan fingerprint density at radius 1 is 1.24 bits per heavy atom. The summed E-state index contributed by atoms with van der Waals surface area (Å²) < 4.78 is 0. The molecule has 2 unspecified atom stereocenters. The van der Waals surface area contributed by atoms with E-state index in [2.05, 4.69) is 18.7 Å². The summed E-state index contributed by atoms with van der Waals surface area (Å²) in [6, 6.07) is 7.23. The fourth-order valence-electron chi connectivity index (χ4n) is 3.25. The highest BCUT2D eigenvalue weighted by Crippen LogP contribution is 2.26. The molecule has 21 heavy (non-hydrogen) atoms. The Labute approximate surface area is 133 Å². The number of ketones is 1. The number of rotatable bonds is 4. The smallest absolute Gasteiger partial charge is 0.179 e. The first-order valence-electron chi connectivity index (χ1n) is 8.03. The number of nitrogens with zero attached hydrogens (tertiary/aromatic N) is 1. The van der Waals surface area contributed by atoms with Gasteiger partial charge in [0.1, 0.15) is 0 Å². The van der Waals surface area contributed by atoms with Gasteiger partial charge in [-0.2, -0.15) is 0 Å². The van der Waals surface area contributed by atoms with E-state index in [1.807, 2.05) is 25.1 Å². The van der Waals surface area contributed by atoms with Crippen molar-refractivity contribution in [1.29, 1.82) is 0 Å². The molecule has 2 atom stereocenters. The van der Waals surface area contributed by atoms with E-state index in [0.717, 1.165) is 30.5 Å². The lowest BCUT2D eigenvalue weighted by molar-refractivity contribution is 0.0840. The van der Waals surface area contributed by atoms with Crippen molar-refractivity contribution in [2.24, 2.45) is 11.8 Å². The minimum absolute atomic E-state index is 0.0608. The first-order chi connectivity index (χ1) is 9.99. The van der Waals surface area contributed by atoms with Gasteiger partial charge in [-0.25, -0.2) is 0 Å². The van der Waals surface area contributed by atoms with Gasteiger partial charge in [0.15, 0.2) is 5.78 Å². The molecule has 1 saturated heterocycles. The third kappa shape index (κ3) is 4.31. The summed E-state index contributed by atoms with van der Waals surface area (Å²) in [5.41, 5.74) is 0.722. The van der Waals surface area contributed by atoms with Gasteiger partial charge in [0.05, 0.1) is 6.04 Å². The summed E-state index contributed by atoms with van der Waals surface area (Å²) >= 11 is 5.99. The lowest BCUT2D eigenvalue weighted by Crippen LogP contribution is -2.39. The number of halogens is 1. The van der Waals surface area contributed by atoms with E-state index in [4.69, 9.17) is 11.6 Å². The SMILES string of the molecule is CC(C)C1CCCN(C(C)C(=O)c2cccc(Cl)c2)CC1. The van der Waals surface area contributed by atoms with Crippen molar-refractivity contribution in [3.63, 3.8) is 0 Å². The largest absolute Gasteiger partial charge is 0.293 e. The highest BCUT2D eigenvalue weighted by atomic mass is 35.5. The lowest BCUT2D eigenvalue weighted by atomic mass is 9.89. The van der Waals surface area contributed by atoms with Crippen molar-refractivity contribution >= 4 is 17.4 Å². The minimum Gasteiger partial charge on any atom is -0.293 e. The van der Waals surface area contributed by atoms with Crippen LogP contribution in [-0.4, -0.2) is 29.8 Å². The van der Waals surface area contributed by atoms with E-state index in [0.29, 0.717) is 5.02 Å². The van der Waals surface area contributed by atoms with E-state index in [1.54, 1.807) is 6.07 Å². The number of hydrogen-bond acceptors (Lipinski definition) is 2. The first-order valence-corrected chi connectivity index (χ1v) is 8.40. The third-order valence-electron chi connectivity index (χ3n) is 4.79. The summed E-state index contributed by atoms with van der Waals surface area (Å²) in [4.78, 5) is 15.0. The maximum atomic E-state index is 12.6. The molecule has 0 spiro atoms. The van der Waals surface area contributed by atoms with Crippen LogP contribution in [0.25, 0.3) is 0 Å². The fraction of sp³-hybridized carbons (Fsp3) is 0.611. The molecule has 1 aromatic carbocycles. The summed E-state index contributed by atoms with van der Waals surface area (Å²) in [6.45, 7) is 8.69. The van der Waals surface area contributed by atoms with Crippen molar-refractivity contribution in [3.05, 3.63) is 34.9 Å². The van der Waals surface area contributed by atoms with Crippen LogP contribution in [0.2, 0.25) is 5.02 Å². The molecule has 0 amide bonds. The summed E-state index contributed by atoms with van der Waals surface area (Å²) in [6.07, 6.45) is 3.67. The van der Waals surface area contributed by atoms with Crippen molar-refractivity contribution in [2.45, 2.75) is 46.1 Å². The molecule has 1 heterocycles. The van der Waals surface area contributed by atoms with Gasteiger partial charge in [-0.1, -0.05) is 37.6 Å². The maximum absolute atomic E-state index is 12.6. The van der Waals surface area contributed by atoms with Gasteiger partial charge in [-0.3, -0.25) is 9.69 Å². The Morgan fingerprint density at radius 2 is 2.00 bits per heavy atom. The molecular formula is C18H26ClNO. The van der Waals surface area contributed by atoms with Crippen LogP contribution in [-0.2, 0) is 0 Å². The van der Waals surface area contributed by atoms with Crippen molar-refractivity contribution in [3.8, 4) is 0 Å². The molecule has 3 heteroatoms. The zero-order valence-corrected chi connectivity index (χ0v) is 14.1. The second-order valence-corrected chi connectivity index (χ2v) is 6.96. The zero-order valence-electron chi connectivity index (χ0n) is 13.3. The predicted molar refractivity (Wildman–Crippen MR) is 89.0 cm³/mol. The van der Waals surface area contributed by atoms with Crippen LogP contribution < -0.4 is 0 Å². The van der Waals surface area contributed by atoms with Gasteiger partial charge in [-0.05, 0) is 63.2 Å². The van der Waals surface area contributed by atoms with Crippen molar-refractivity contribution < 1.29 is 4.79 Å². The molecule has 0 aromatic heterocycles. The van der Waals surface area contributed by atoms with Crippen LogP contribution in [0.3, 0.4) is 0 Å². The number of likely N-dealkylation sites (tertiary alicyclic amines) is 1. The van der Waals surface area contributed by atoms with E-state index in [9.17, 15) is 4.79 Å². The molecule has 2 nitrogen and oxygen atoms in total. The molecule has 0 N–H and O–H groups in total. The number of benzene rings is 1. The molecule has 1 aromatic rings. The summed E-state index contributed by atoms with van der Waals surface area (Å²) in [5.74, 6) is 1.72. The lowest BCUT2D eigenvalue weighted by Gasteiger charge is -2.27. The average Bonchev–Trinajstić information content (AvgIpc) is 2.71. The highest BCUT2D eigenvalue weighted by molar-refractivity contribution is 6.31. The molecule has 2 rings (SSSR count). The van der Waals surface area contributed by atoms with Gasteiger partial charge in [0.25, 0.3) is 0 Å². The Kier molecular flexibility index (Phi) is 5.83. The monoisotopic (exact) mass is 307 g/mol. The molecule has 116 valence electrons.